The van der Waals surface area contributed by atoms with Gasteiger partial charge >= 0.3 is 12.1 Å². The summed E-state index contributed by atoms with van der Waals surface area (Å²) in [6.07, 6.45) is -0.668. The third-order valence-electron chi connectivity index (χ3n) is 6.54. The number of anilines is 1. The number of amides is 3. The van der Waals surface area contributed by atoms with E-state index in [-0.39, 0.29) is 62.6 Å². The van der Waals surface area contributed by atoms with E-state index in [9.17, 15) is 29.3 Å². The van der Waals surface area contributed by atoms with Crippen molar-refractivity contribution in [3.8, 4) is 5.75 Å². The van der Waals surface area contributed by atoms with Gasteiger partial charge in [0.1, 0.15) is 25.0 Å². The van der Waals surface area contributed by atoms with Crippen LogP contribution in [0.15, 0.2) is 83.9 Å². The van der Waals surface area contributed by atoms with Crippen LogP contribution in [0.4, 0.5) is 10.5 Å². The minimum Gasteiger partial charge on any atom is -0.495 e. The van der Waals surface area contributed by atoms with Crippen molar-refractivity contribution >= 4 is 35.5 Å². The van der Waals surface area contributed by atoms with Crippen LogP contribution < -0.4 is 31.8 Å². The molecule has 48 heavy (non-hydrogen) atoms. The first-order valence-electron chi connectivity index (χ1n) is 14.8. The number of nitrogens with one attached hydrogen (secondary N) is 4. The average molecular weight is 664 g/mol. The number of aliphatic imine (C=N–C) groups is 1. The molecule has 0 fully saturated rings. The van der Waals surface area contributed by atoms with Gasteiger partial charge in [0.05, 0.1) is 19.2 Å². The number of methoxy groups -OCH3 is 1. The number of hydrogen-bond donors (Lipinski definition) is 5. The summed E-state index contributed by atoms with van der Waals surface area (Å²) < 4.78 is 15.8. The van der Waals surface area contributed by atoms with E-state index in [1.54, 1.807) is 29.7 Å². The number of esters is 1. The van der Waals surface area contributed by atoms with Crippen molar-refractivity contribution in [1.82, 2.24) is 16.1 Å². The van der Waals surface area contributed by atoms with Crippen LogP contribution in [-0.4, -0.2) is 61.1 Å². The molecule has 0 aliphatic heterocycles. The van der Waals surface area contributed by atoms with Gasteiger partial charge in [-0.25, -0.2) is 19.9 Å². The zero-order valence-electron chi connectivity index (χ0n) is 26.2. The summed E-state index contributed by atoms with van der Waals surface area (Å²) >= 11 is 0. The second-order valence-corrected chi connectivity index (χ2v) is 10.1. The van der Waals surface area contributed by atoms with Gasteiger partial charge in [0.15, 0.2) is 5.03 Å². The van der Waals surface area contributed by atoms with Crippen molar-refractivity contribution in [2.24, 2.45) is 10.7 Å². The molecule has 16 nitrogen and oxygen atoms in total. The first kappa shape index (κ1) is 36.3. The molecule has 3 aromatic rings. The van der Waals surface area contributed by atoms with Gasteiger partial charge in [0, 0.05) is 18.7 Å². The molecule has 0 bridgehead atoms. The van der Waals surface area contributed by atoms with Crippen LogP contribution in [0.2, 0.25) is 0 Å². The van der Waals surface area contributed by atoms with Crippen LogP contribution in [0, 0.1) is 10.1 Å². The van der Waals surface area contributed by atoms with Crippen molar-refractivity contribution < 1.29 is 38.4 Å². The maximum atomic E-state index is 13.4. The Kier molecular flexibility index (Phi) is 14.6. The monoisotopic (exact) mass is 663 g/mol. The fourth-order valence-electron chi connectivity index (χ4n) is 4.16. The van der Waals surface area contributed by atoms with Crippen molar-refractivity contribution in [3.63, 3.8) is 0 Å². The van der Waals surface area contributed by atoms with E-state index in [1.165, 1.54) is 25.3 Å². The maximum absolute atomic E-state index is 13.4. The fourth-order valence-corrected chi connectivity index (χ4v) is 4.16. The summed E-state index contributed by atoms with van der Waals surface area (Å²) in [4.78, 5) is 65.3. The molecule has 0 saturated carbocycles. The Labute approximate surface area is 276 Å². The van der Waals surface area contributed by atoms with E-state index in [4.69, 9.17) is 19.9 Å². The van der Waals surface area contributed by atoms with Crippen molar-refractivity contribution in [2.45, 2.75) is 38.5 Å². The van der Waals surface area contributed by atoms with Crippen molar-refractivity contribution in [2.75, 3.05) is 25.5 Å². The second-order valence-electron chi connectivity index (χ2n) is 10.1. The van der Waals surface area contributed by atoms with Gasteiger partial charge in [-0.15, -0.1) is 0 Å². The molecular weight excluding hydrogens is 626 g/mol. The molecule has 0 radical (unpaired) electrons. The van der Waals surface area contributed by atoms with E-state index in [1.807, 2.05) is 36.4 Å². The lowest BCUT2D eigenvalue weighted by atomic mass is 10.1. The standard InChI is InChI=1S/C32H37N7O9/c1-46-27-15-14-24(29(41)34-18-16-28(40)47-20-22-9-4-2-5-10-22)19-26(27)36-30(42)25(13-8-17-35-31(33)38-39(44)45)37-32(43)48-21-23-11-6-3-7-12-23/h2-7,9-12,14-15,19,25H,8,13,16-18,20-21H2,1H3,(H,34,41)(H,36,42)(H,37,43)(H3,33,35,38)/t25-/m0/s1. The van der Waals surface area contributed by atoms with Crippen LogP contribution >= 0.6 is 0 Å². The highest BCUT2D eigenvalue weighted by atomic mass is 16.7. The topological polar surface area (TPSA) is 226 Å². The molecule has 254 valence electrons. The first-order chi connectivity index (χ1) is 23.1. The van der Waals surface area contributed by atoms with Gasteiger partial charge in [0.2, 0.25) is 5.91 Å². The molecule has 0 unspecified atom stereocenters. The quantitative estimate of drug-likeness (QED) is 0.0352. The Morgan fingerprint density at radius 3 is 2.21 bits per heavy atom. The zero-order chi connectivity index (χ0) is 34.7. The number of guanidine groups is 1. The van der Waals surface area contributed by atoms with Crippen LogP contribution in [0.5, 0.6) is 5.75 Å². The number of nitrogens with zero attached hydrogens (tertiary/aromatic N) is 2. The molecule has 1 atom stereocenters. The molecule has 0 aromatic heterocycles. The minimum atomic E-state index is -1.14. The van der Waals surface area contributed by atoms with Crippen molar-refractivity contribution in [3.05, 3.63) is 106 Å². The number of alkyl carbamates (subject to hydrolysis) is 1. The molecule has 0 saturated heterocycles. The number of ether oxygens (including phenoxy) is 3. The summed E-state index contributed by atoms with van der Waals surface area (Å²) in [6, 6.07) is 21.3. The number of benzene rings is 3. The molecule has 3 rings (SSSR count). The van der Waals surface area contributed by atoms with Crippen molar-refractivity contribution in [1.29, 1.82) is 0 Å². The number of carbonyl (C=O) groups is 4. The Balaban J connectivity index is 1.62. The van der Waals surface area contributed by atoms with Gasteiger partial charge in [-0.3, -0.25) is 14.4 Å². The van der Waals surface area contributed by atoms with E-state index in [0.717, 1.165) is 11.1 Å². The lowest BCUT2D eigenvalue weighted by Crippen LogP contribution is -2.44. The Morgan fingerprint density at radius 1 is 0.938 bits per heavy atom. The van der Waals surface area contributed by atoms with Gasteiger partial charge in [0.25, 0.3) is 11.9 Å². The molecule has 3 amide bonds. The van der Waals surface area contributed by atoms with E-state index < -0.39 is 40.9 Å². The minimum absolute atomic E-state index is 0.00989. The Hall–Kier alpha value is -6.19. The van der Waals surface area contributed by atoms with E-state index in [0.29, 0.717) is 0 Å². The molecular formula is C32H37N7O9. The Bertz CT molecular complexity index is 1570. The summed E-state index contributed by atoms with van der Waals surface area (Å²) in [5.41, 5.74) is 9.04. The summed E-state index contributed by atoms with van der Waals surface area (Å²) in [5.74, 6) is -1.84. The van der Waals surface area contributed by atoms with Crippen LogP contribution in [-0.2, 0) is 32.3 Å². The van der Waals surface area contributed by atoms with Gasteiger partial charge in [-0.05, 0) is 42.2 Å². The molecule has 3 aromatic carbocycles. The molecule has 16 heteroatoms. The average Bonchev–Trinajstić information content (AvgIpc) is 3.08. The number of nitro groups is 1. The number of hydrogen-bond acceptors (Lipinski definition) is 10. The number of hydrazine groups is 1. The third-order valence-corrected chi connectivity index (χ3v) is 6.54. The number of rotatable bonds is 17. The molecule has 6 N–H and O–H groups in total. The number of nitrogens with two attached hydrogens (primary N) is 1. The van der Waals surface area contributed by atoms with Crippen LogP contribution in [0.1, 0.15) is 40.7 Å². The summed E-state index contributed by atoms with van der Waals surface area (Å²) in [6.45, 7) is 0.109. The largest absolute Gasteiger partial charge is 0.495 e. The highest BCUT2D eigenvalue weighted by Crippen LogP contribution is 2.26. The fraction of sp³-hybridized carbons (Fsp3) is 0.281. The molecule has 0 heterocycles. The van der Waals surface area contributed by atoms with Crippen LogP contribution in [0.25, 0.3) is 0 Å². The highest BCUT2D eigenvalue weighted by Gasteiger charge is 2.23. The maximum Gasteiger partial charge on any atom is 0.408 e. The second kappa shape index (κ2) is 19.4. The SMILES string of the molecule is COc1ccc(C(=O)NCCC(=O)OCc2ccccc2)cc1NC(=O)[C@H](CCCN=C(N)N[N+](=O)[O-])NC(=O)OCc1ccccc1. The normalized spacial score (nSPS) is 11.4. The lowest BCUT2D eigenvalue weighted by Gasteiger charge is -2.19. The van der Waals surface area contributed by atoms with Gasteiger partial charge in [-0.2, -0.15) is 0 Å². The smallest absolute Gasteiger partial charge is 0.408 e. The highest BCUT2D eigenvalue weighted by molar-refractivity contribution is 6.00. The lowest BCUT2D eigenvalue weighted by molar-refractivity contribution is -0.525. The van der Waals surface area contributed by atoms with E-state index >= 15 is 0 Å². The van der Waals surface area contributed by atoms with Gasteiger partial charge < -0.3 is 35.9 Å². The predicted octanol–water partition coefficient (Wildman–Crippen LogP) is 2.67. The third kappa shape index (κ3) is 13.0. The molecule has 0 aliphatic rings. The first-order valence-corrected chi connectivity index (χ1v) is 14.8. The summed E-state index contributed by atoms with van der Waals surface area (Å²) in [5, 5.41) is 17.5. The van der Waals surface area contributed by atoms with Gasteiger partial charge in [-0.1, -0.05) is 66.1 Å². The summed E-state index contributed by atoms with van der Waals surface area (Å²) in [7, 11) is 1.38. The van der Waals surface area contributed by atoms with E-state index in [2.05, 4.69) is 20.9 Å². The zero-order valence-corrected chi connectivity index (χ0v) is 26.2. The Morgan fingerprint density at radius 2 is 1.58 bits per heavy atom. The van der Waals surface area contributed by atoms with Crippen LogP contribution in [0.3, 0.4) is 0 Å². The molecule has 0 spiro atoms. The number of carbonyl (C=O) groups excluding carboxylic acids is 4. The predicted molar refractivity (Wildman–Crippen MR) is 174 cm³/mol. The molecule has 0 aliphatic carbocycles.